The van der Waals surface area contributed by atoms with Gasteiger partial charge >= 0.3 is 0 Å². The Morgan fingerprint density at radius 3 is 2.73 bits per heavy atom. The van der Waals surface area contributed by atoms with Gasteiger partial charge in [-0.25, -0.2) is 0 Å². The molecule has 1 saturated carbocycles. The lowest BCUT2D eigenvalue weighted by atomic mass is 9.75. The SMILES string of the molecule is CC[C@H]1CN(C)c2ccccc2CN1C(=O)CC1(N)CCC1. The number of amides is 1. The van der Waals surface area contributed by atoms with E-state index in [2.05, 4.69) is 48.0 Å². The molecule has 22 heavy (non-hydrogen) atoms. The number of hydrogen-bond donors (Lipinski definition) is 1. The second-order valence-electron chi connectivity index (χ2n) is 6.99. The van der Waals surface area contributed by atoms with E-state index in [0.717, 1.165) is 32.2 Å². The van der Waals surface area contributed by atoms with Crippen LogP contribution in [0.25, 0.3) is 0 Å². The van der Waals surface area contributed by atoms with Crippen LogP contribution in [0.2, 0.25) is 0 Å². The standard InChI is InChI=1S/C18H27N3O/c1-3-15-13-20(2)16-8-5-4-7-14(16)12-21(15)17(22)11-18(19)9-6-10-18/h4-5,7-8,15H,3,6,9-13,19H2,1-2H3/t15-/m0/s1. The van der Waals surface area contributed by atoms with E-state index in [1.54, 1.807) is 0 Å². The van der Waals surface area contributed by atoms with Gasteiger partial charge in [0.2, 0.25) is 5.91 Å². The van der Waals surface area contributed by atoms with Crippen LogP contribution in [0.5, 0.6) is 0 Å². The molecule has 0 radical (unpaired) electrons. The lowest BCUT2D eigenvalue weighted by Gasteiger charge is -2.40. The summed E-state index contributed by atoms with van der Waals surface area (Å²) < 4.78 is 0. The predicted octanol–water partition coefficient (Wildman–Crippen LogP) is 2.52. The quantitative estimate of drug-likeness (QED) is 0.933. The number of anilines is 1. The summed E-state index contributed by atoms with van der Waals surface area (Å²) in [6.45, 7) is 3.75. The molecule has 1 aromatic carbocycles. The molecule has 1 aromatic rings. The molecule has 4 heteroatoms. The molecule has 0 bridgehead atoms. The molecule has 0 saturated heterocycles. The molecule has 120 valence electrons. The van der Waals surface area contributed by atoms with E-state index in [9.17, 15) is 4.79 Å². The van der Waals surface area contributed by atoms with Crippen molar-refractivity contribution in [1.29, 1.82) is 0 Å². The van der Waals surface area contributed by atoms with E-state index >= 15 is 0 Å². The Morgan fingerprint density at radius 1 is 1.36 bits per heavy atom. The van der Waals surface area contributed by atoms with Crippen LogP contribution in [0.3, 0.4) is 0 Å². The highest BCUT2D eigenvalue weighted by molar-refractivity contribution is 5.78. The van der Waals surface area contributed by atoms with Gasteiger partial charge < -0.3 is 15.5 Å². The summed E-state index contributed by atoms with van der Waals surface area (Å²) in [6, 6.07) is 8.65. The van der Waals surface area contributed by atoms with Gasteiger partial charge in [-0.2, -0.15) is 0 Å². The van der Waals surface area contributed by atoms with Crippen LogP contribution in [0.4, 0.5) is 5.69 Å². The number of para-hydroxylation sites is 1. The van der Waals surface area contributed by atoms with Gasteiger partial charge in [-0.1, -0.05) is 25.1 Å². The van der Waals surface area contributed by atoms with Crippen molar-refractivity contribution in [3.8, 4) is 0 Å². The van der Waals surface area contributed by atoms with Crippen LogP contribution in [0, 0.1) is 0 Å². The monoisotopic (exact) mass is 301 g/mol. The van der Waals surface area contributed by atoms with E-state index in [1.807, 2.05) is 0 Å². The minimum Gasteiger partial charge on any atom is -0.372 e. The first kappa shape index (κ1) is 15.3. The average Bonchev–Trinajstić information content (AvgIpc) is 2.62. The van der Waals surface area contributed by atoms with Crippen molar-refractivity contribution in [1.82, 2.24) is 4.90 Å². The van der Waals surface area contributed by atoms with Crippen LogP contribution in [0.1, 0.15) is 44.6 Å². The first-order chi connectivity index (χ1) is 10.5. The Balaban J connectivity index is 1.83. The molecule has 1 aliphatic carbocycles. The van der Waals surface area contributed by atoms with Crippen molar-refractivity contribution in [2.75, 3.05) is 18.5 Å². The molecule has 1 heterocycles. The second-order valence-corrected chi connectivity index (χ2v) is 6.99. The van der Waals surface area contributed by atoms with E-state index in [4.69, 9.17) is 5.73 Å². The van der Waals surface area contributed by atoms with Gasteiger partial charge in [0.05, 0.1) is 0 Å². The third-order valence-corrected chi connectivity index (χ3v) is 5.31. The summed E-state index contributed by atoms with van der Waals surface area (Å²) in [5, 5.41) is 0. The summed E-state index contributed by atoms with van der Waals surface area (Å²) in [6.07, 6.45) is 4.60. The van der Waals surface area contributed by atoms with Crippen LogP contribution >= 0.6 is 0 Å². The van der Waals surface area contributed by atoms with E-state index < -0.39 is 0 Å². The van der Waals surface area contributed by atoms with Gasteiger partial charge in [0.25, 0.3) is 0 Å². The predicted molar refractivity (Wildman–Crippen MR) is 89.7 cm³/mol. The minimum atomic E-state index is -0.243. The molecule has 1 aliphatic heterocycles. The highest BCUT2D eigenvalue weighted by atomic mass is 16.2. The van der Waals surface area contributed by atoms with Gasteiger partial charge in [-0.05, 0) is 37.3 Å². The molecule has 0 aromatic heterocycles. The van der Waals surface area contributed by atoms with Crippen LogP contribution in [-0.2, 0) is 11.3 Å². The number of carbonyl (C=O) groups excluding carboxylic acids is 1. The molecular formula is C18H27N3O. The summed E-state index contributed by atoms with van der Waals surface area (Å²) >= 11 is 0. The molecule has 1 atom stereocenters. The van der Waals surface area contributed by atoms with Gasteiger partial charge in [0.15, 0.2) is 0 Å². The number of fused-ring (bicyclic) bond motifs is 1. The Hall–Kier alpha value is -1.55. The Morgan fingerprint density at radius 2 is 2.09 bits per heavy atom. The molecule has 2 aliphatic rings. The van der Waals surface area contributed by atoms with Crippen molar-refractivity contribution in [3.05, 3.63) is 29.8 Å². The molecule has 2 N–H and O–H groups in total. The van der Waals surface area contributed by atoms with Gasteiger partial charge in [0.1, 0.15) is 0 Å². The third-order valence-electron chi connectivity index (χ3n) is 5.31. The van der Waals surface area contributed by atoms with Crippen molar-refractivity contribution in [2.45, 2.75) is 57.2 Å². The lowest BCUT2D eigenvalue weighted by molar-refractivity contribution is -0.136. The molecule has 1 fully saturated rings. The number of benzene rings is 1. The zero-order chi connectivity index (χ0) is 15.7. The molecular weight excluding hydrogens is 274 g/mol. The number of nitrogens with two attached hydrogens (primary N) is 1. The summed E-state index contributed by atoms with van der Waals surface area (Å²) in [4.78, 5) is 17.2. The number of likely N-dealkylation sites (N-methyl/N-ethyl adjacent to an activating group) is 1. The fourth-order valence-corrected chi connectivity index (χ4v) is 3.69. The fraction of sp³-hybridized carbons (Fsp3) is 0.611. The second kappa shape index (κ2) is 5.92. The maximum atomic E-state index is 12.9. The lowest BCUT2D eigenvalue weighted by Crippen LogP contribution is -2.52. The molecule has 1 amide bonds. The molecule has 0 unspecified atom stereocenters. The zero-order valence-electron chi connectivity index (χ0n) is 13.7. The number of carbonyl (C=O) groups is 1. The van der Waals surface area contributed by atoms with Crippen LogP contribution < -0.4 is 10.6 Å². The Kier molecular flexibility index (Phi) is 4.13. The highest BCUT2D eigenvalue weighted by Gasteiger charge is 2.38. The number of hydrogen-bond acceptors (Lipinski definition) is 3. The highest BCUT2D eigenvalue weighted by Crippen LogP contribution is 2.34. The molecule has 0 spiro atoms. The van der Waals surface area contributed by atoms with E-state index in [0.29, 0.717) is 13.0 Å². The minimum absolute atomic E-state index is 0.221. The van der Waals surface area contributed by atoms with Gasteiger partial charge in [0, 0.05) is 43.8 Å². The topological polar surface area (TPSA) is 49.6 Å². The average molecular weight is 301 g/mol. The van der Waals surface area contributed by atoms with Crippen molar-refractivity contribution >= 4 is 11.6 Å². The van der Waals surface area contributed by atoms with Crippen molar-refractivity contribution < 1.29 is 4.79 Å². The summed E-state index contributed by atoms with van der Waals surface area (Å²) in [7, 11) is 2.12. The van der Waals surface area contributed by atoms with Crippen molar-refractivity contribution in [2.24, 2.45) is 5.73 Å². The maximum Gasteiger partial charge on any atom is 0.225 e. The van der Waals surface area contributed by atoms with E-state index in [-0.39, 0.29) is 17.5 Å². The zero-order valence-corrected chi connectivity index (χ0v) is 13.7. The van der Waals surface area contributed by atoms with Gasteiger partial charge in [-0.3, -0.25) is 4.79 Å². The van der Waals surface area contributed by atoms with Crippen molar-refractivity contribution in [3.63, 3.8) is 0 Å². The summed E-state index contributed by atoms with van der Waals surface area (Å²) in [5.41, 5.74) is 8.53. The number of nitrogens with zero attached hydrogens (tertiary/aromatic N) is 2. The molecule has 4 nitrogen and oxygen atoms in total. The first-order valence-corrected chi connectivity index (χ1v) is 8.40. The smallest absolute Gasteiger partial charge is 0.225 e. The third kappa shape index (κ3) is 2.84. The first-order valence-electron chi connectivity index (χ1n) is 8.40. The van der Waals surface area contributed by atoms with Crippen LogP contribution in [-0.4, -0.2) is 36.0 Å². The van der Waals surface area contributed by atoms with E-state index in [1.165, 1.54) is 11.3 Å². The molecule has 3 rings (SSSR count). The Labute approximate surface area is 133 Å². The van der Waals surface area contributed by atoms with Crippen LogP contribution in [0.15, 0.2) is 24.3 Å². The fourth-order valence-electron chi connectivity index (χ4n) is 3.69. The van der Waals surface area contributed by atoms with Gasteiger partial charge in [-0.15, -0.1) is 0 Å². The largest absolute Gasteiger partial charge is 0.372 e. The number of rotatable bonds is 3. The maximum absolute atomic E-state index is 12.9. The Bertz CT molecular complexity index is 553. The summed E-state index contributed by atoms with van der Waals surface area (Å²) in [5.74, 6) is 0.221. The normalized spacial score (nSPS) is 23.5.